The number of aromatic nitrogens is 3. The van der Waals surface area contributed by atoms with Crippen molar-refractivity contribution in [1.29, 1.82) is 0 Å². The molecule has 0 spiro atoms. The zero-order valence-electron chi connectivity index (χ0n) is 14.5. The lowest BCUT2D eigenvalue weighted by molar-refractivity contribution is 0.107. The van der Waals surface area contributed by atoms with Crippen molar-refractivity contribution in [1.82, 2.24) is 14.5 Å². The van der Waals surface area contributed by atoms with Crippen LogP contribution in [0.25, 0.3) is 22.2 Å². The molecule has 1 atom stereocenters. The number of ether oxygens (including phenoxy) is 1. The first-order valence-corrected chi connectivity index (χ1v) is 9.16. The van der Waals surface area contributed by atoms with Crippen LogP contribution in [0.15, 0.2) is 32.8 Å². The fourth-order valence-electron chi connectivity index (χ4n) is 3.33. The standard InChI is InChI=1S/C18H15F2N3O3S/c1-8-3-11-15-16(13(8)14-12(20)4-9(19)5-21-14)27-7-10(26-2)6-23(15)18(25)22-17(11)24/h3-5,10H,6-7H2,1-2H3,(H,22,24,25)/t10-/m0/s1. The SMILES string of the molecule is CO[C@@H]1CSc2c(-c3ncc(F)cc3F)c(C)cc3c(=O)[nH]c(=O)n(c23)C1. The topological polar surface area (TPSA) is 77.0 Å². The minimum absolute atomic E-state index is 0.0200. The Labute approximate surface area is 156 Å². The largest absolute Gasteiger partial charge is 0.379 e. The van der Waals surface area contributed by atoms with Crippen LogP contribution in [0.4, 0.5) is 8.78 Å². The summed E-state index contributed by atoms with van der Waals surface area (Å²) in [6.07, 6.45) is 0.673. The Kier molecular flexibility index (Phi) is 4.35. The number of nitrogens with one attached hydrogen (secondary N) is 1. The highest BCUT2D eigenvalue weighted by Gasteiger charge is 2.26. The van der Waals surface area contributed by atoms with Gasteiger partial charge in [-0.25, -0.2) is 13.6 Å². The normalized spacial score (nSPS) is 16.5. The molecule has 4 rings (SSSR count). The van der Waals surface area contributed by atoms with E-state index in [1.54, 1.807) is 20.1 Å². The minimum Gasteiger partial charge on any atom is -0.379 e. The maximum absolute atomic E-state index is 14.5. The third-order valence-corrected chi connectivity index (χ3v) is 5.83. The number of benzene rings is 1. The predicted octanol–water partition coefficient (Wildman–Crippen LogP) is 2.46. The molecule has 1 aliphatic heterocycles. The second-order valence-corrected chi connectivity index (χ2v) is 7.35. The van der Waals surface area contributed by atoms with Crippen LogP contribution in [-0.2, 0) is 11.3 Å². The van der Waals surface area contributed by atoms with E-state index in [9.17, 15) is 18.4 Å². The van der Waals surface area contributed by atoms with Crippen molar-refractivity contribution in [2.75, 3.05) is 12.9 Å². The summed E-state index contributed by atoms with van der Waals surface area (Å²) >= 11 is 1.36. The Hall–Kier alpha value is -2.52. The molecule has 0 unspecified atom stereocenters. The number of hydrogen-bond acceptors (Lipinski definition) is 5. The first-order chi connectivity index (χ1) is 12.9. The zero-order valence-corrected chi connectivity index (χ0v) is 15.3. The Balaban J connectivity index is 2.15. The number of aryl methyl sites for hydroxylation is 1. The summed E-state index contributed by atoms with van der Waals surface area (Å²) in [5.74, 6) is -1.08. The van der Waals surface area contributed by atoms with Gasteiger partial charge in [-0.1, -0.05) is 0 Å². The molecule has 2 aromatic heterocycles. The van der Waals surface area contributed by atoms with Gasteiger partial charge in [-0.05, 0) is 18.6 Å². The van der Waals surface area contributed by atoms with E-state index in [0.717, 1.165) is 12.3 Å². The summed E-state index contributed by atoms with van der Waals surface area (Å²) in [5.41, 5.74) is 0.384. The first kappa shape index (κ1) is 17.9. The van der Waals surface area contributed by atoms with Gasteiger partial charge in [0.25, 0.3) is 5.56 Å². The zero-order chi connectivity index (χ0) is 19.3. The van der Waals surface area contributed by atoms with Crippen LogP contribution >= 0.6 is 11.8 Å². The minimum atomic E-state index is -0.805. The molecule has 1 aliphatic rings. The van der Waals surface area contributed by atoms with Gasteiger partial charge in [0.2, 0.25) is 0 Å². The van der Waals surface area contributed by atoms with Crippen LogP contribution in [-0.4, -0.2) is 33.5 Å². The van der Waals surface area contributed by atoms with Crippen LogP contribution in [0, 0.1) is 18.6 Å². The lowest BCUT2D eigenvalue weighted by Gasteiger charge is -2.16. The predicted molar refractivity (Wildman–Crippen MR) is 98.2 cm³/mol. The third kappa shape index (κ3) is 2.87. The van der Waals surface area contributed by atoms with E-state index in [-0.39, 0.29) is 18.3 Å². The van der Waals surface area contributed by atoms with Gasteiger partial charge in [-0.15, -0.1) is 11.8 Å². The molecule has 27 heavy (non-hydrogen) atoms. The smallest absolute Gasteiger partial charge is 0.328 e. The highest BCUT2D eigenvalue weighted by atomic mass is 32.2. The highest BCUT2D eigenvalue weighted by Crippen LogP contribution is 2.40. The summed E-state index contributed by atoms with van der Waals surface area (Å²) in [5, 5.41) is 0.331. The fourth-order valence-corrected chi connectivity index (χ4v) is 4.69. The third-order valence-electron chi connectivity index (χ3n) is 4.61. The van der Waals surface area contributed by atoms with Crippen molar-refractivity contribution in [3.8, 4) is 11.3 Å². The first-order valence-electron chi connectivity index (χ1n) is 8.18. The van der Waals surface area contributed by atoms with Gasteiger partial charge in [-0.3, -0.25) is 19.3 Å². The Bertz CT molecular complexity index is 1190. The van der Waals surface area contributed by atoms with E-state index in [1.807, 2.05) is 0 Å². The molecule has 0 radical (unpaired) electrons. The molecule has 140 valence electrons. The summed E-state index contributed by atoms with van der Waals surface area (Å²) < 4.78 is 34.7. The molecule has 3 aromatic rings. The number of methoxy groups -OCH3 is 1. The molecule has 0 saturated carbocycles. The molecule has 0 aliphatic carbocycles. The van der Waals surface area contributed by atoms with Crippen LogP contribution in [0.3, 0.4) is 0 Å². The van der Waals surface area contributed by atoms with Crippen molar-refractivity contribution in [2.24, 2.45) is 0 Å². The van der Waals surface area contributed by atoms with Crippen molar-refractivity contribution < 1.29 is 13.5 Å². The number of aromatic amines is 1. The van der Waals surface area contributed by atoms with Gasteiger partial charge < -0.3 is 4.74 Å². The number of H-pyrrole nitrogens is 1. The van der Waals surface area contributed by atoms with E-state index in [0.29, 0.717) is 32.7 Å². The monoisotopic (exact) mass is 391 g/mol. The number of pyridine rings is 1. The second kappa shape index (κ2) is 6.58. The molecule has 6 nitrogen and oxygen atoms in total. The Morgan fingerprint density at radius 2 is 2.11 bits per heavy atom. The van der Waals surface area contributed by atoms with Gasteiger partial charge in [0.05, 0.1) is 29.7 Å². The van der Waals surface area contributed by atoms with Gasteiger partial charge in [0, 0.05) is 29.4 Å². The van der Waals surface area contributed by atoms with Crippen LogP contribution in [0.1, 0.15) is 5.56 Å². The van der Waals surface area contributed by atoms with Crippen molar-refractivity contribution >= 4 is 22.7 Å². The number of thioether (sulfide) groups is 1. The van der Waals surface area contributed by atoms with Crippen molar-refractivity contribution in [3.05, 3.63) is 56.4 Å². The van der Waals surface area contributed by atoms with Gasteiger partial charge >= 0.3 is 5.69 Å². The molecule has 1 aromatic carbocycles. The molecule has 0 saturated heterocycles. The van der Waals surface area contributed by atoms with Crippen molar-refractivity contribution in [3.63, 3.8) is 0 Å². The van der Waals surface area contributed by atoms with Crippen LogP contribution in [0.5, 0.6) is 0 Å². The molecule has 0 fully saturated rings. The van der Waals surface area contributed by atoms with Gasteiger partial charge in [0.15, 0.2) is 5.82 Å². The maximum Gasteiger partial charge on any atom is 0.328 e. The quantitative estimate of drug-likeness (QED) is 0.726. The number of nitrogens with zero attached hydrogens (tertiary/aromatic N) is 2. The van der Waals surface area contributed by atoms with Crippen LogP contribution in [0.2, 0.25) is 0 Å². The molecule has 3 heterocycles. The lowest BCUT2D eigenvalue weighted by atomic mass is 10.0. The molecular weight excluding hydrogens is 376 g/mol. The van der Waals surface area contributed by atoms with E-state index in [1.165, 1.54) is 16.3 Å². The number of hydrogen-bond donors (Lipinski definition) is 1. The molecule has 9 heteroatoms. The maximum atomic E-state index is 14.5. The fraction of sp³-hybridized carbons (Fsp3) is 0.278. The van der Waals surface area contributed by atoms with Crippen LogP contribution < -0.4 is 11.2 Å². The summed E-state index contributed by atoms with van der Waals surface area (Å²) in [4.78, 5) is 31.6. The van der Waals surface area contributed by atoms with Gasteiger partial charge in [0.1, 0.15) is 11.5 Å². The number of rotatable bonds is 2. The summed E-state index contributed by atoms with van der Waals surface area (Å²) in [6, 6.07) is 2.37. The van der Waals surface area contributed by atoms with E-state index in [4.69, 9.17) is 4.74 Å². The average molecular weight is 391 g/mol. The van der Waals surface area contributed by atoms with E-state index >= 15 is 0 Å². The molecule has 0 amide bonds. The number of halogens is 2. The van der Waals surface area contributed by atoms with Gasteiger partial charge in [-0.2, -0.15) is 0 Å². The lowest BCUT2D eigenvalue weighted by Crippen LogP contribution is -2.34. The average Bonchev–Trinajstić information content (AvgIpc) is 2.81. The molecular formula is C18H15F2N3O3S. The second-order valence-electron chi connectivity index (χ2n) is 6.32. The van der Waals surface area contributed by atoms with E-state index < -0.39 is 22.9 Å². The summed E-state index contributed by atoms with van der Waals surface area (Å²) in [6.45, 7) is 1.98. The van der Waals surface area contributed by atoms with E-state index in [2.05, 4.69) is 9.97 Å². The Morgan fingerprint density at radius 1 is 1.33 bits per heavy atom. The summed E-state index contributed by atoms with van der Waals surface area (Å²) in [7, 11) is 1.54. The molecule has 0 bridgehead atoms. The highest BCUT2D eigenvalue weighted by molar-refractivity contribution is 7.99. The Morgan fingerprint density at radius 3 is 2.81 bits per heavy atom. The molecule has 1 N–H and O–H groups in total. The van der Waals surface area contributed by atoms with Crippen molar-refractivity contribution in [2.45, 2.75) is 24.5 Å².